The van der Waals surface area contributed by atoms with E-state index in [-0.39, 0.29) is 18.2 Å². The molecule has 0 bridgehead atoms. The highest BCUT2D eigenvalue weighted by Gasteiger charge is 2.13. The monoisotopic (exact) mass is 314 g/mol. The van der Waals surface area contributed by atoms with E-state index in [0.29, 0.717) is 18.8 Å². The molecule has 1 aromatic carbocycles. The predicted octanol–water partition coefficient (Wildman–Crippen LogP) is 3.22. The van der Waals surface area contributed by atoms with Crippen molar-refractivity contribution in [3.05, 3.63) is 54.0 Å². The summed E-state index contributed by atoms with van der Waals surface area (Å²) in [5.41, 5.74) is 2.00. The summed E-state index contributed by atoms with van der Waals surface area (Å²) in [4.78, 5) is 25.3. The first-order valence-corrected chi connectivity index (χ1v) is 7.75. The molecule has 0 aliphatic heterocycles. The van der Waals surface area contributed by atoms with E-state index in [0.717, 1.165) is 12.1 Å². The third-order valence-corrected chi connectivity index (χ3v) is 3.63. The summed E-state index contributed by atoms with van der Waals surface area (Å²) in [5.74, 6) is 0.511. The lowest BCUT2D eigenvalue weighted by Crippen LogP contribution is -2.31. The molecule has 2 rings (SSSR count). The van der Waals surface area contributed by atoms with Gasteiger partial charge in [-0.1, -0.05) is 19.1 Å². The molecule has 0 fully saturated rings. The van der Waals surface area contributed by atoms with Gasteiger partial charge >= 0.3 is 0 Å². The van der Waals surface area contributed by atoms with Crippen LogP contribution in [0.5, 0.6) is 0 Å². The average molecular weight is 314 g/mol. The smallest absolute Gasteiger partial charge is 0.226 e. The molecule has 23 heavy (non-hydrogen) atoms. The van der Waals surface area contributed by atoms with Crippen LogP contribution in [0, 0.1) is 0 Å². The maximum absolute atomic E-state index is 12.0. The van der Waals surface area contributed by atoms with E-state index in [4.69, 9.17) is 4.42 Å². The van der Waals surface area contributed by atoms with Gasteiger partial charge in [0.1, 0.15) is 5.76 Å². The van der Waals surface area contributed by atoms with Crippen LogP contribution in [0.1, 0.15) is 31.6 Å². The molecule has 0 unspecified atom stereocenters. The van der Waals surface area contributed by atoms with Gasteiger partial charge in [-0.15, -0.1) is 0 Å². The van der Waals surface area contributed by atoms with Crippen LogP contribution in [0.4, 0.5) is 5.69 Å². The molecular formula is C18H22N2O3. The number of anilines is 1. The van der Waals surface area contributed by atoms with E-state index in [2.05, 4.69) is 12.2 Å². The highest BCUT2D eigenvalue weighted by atomic mass is 16.3. The quantitative estimate of drug-likeness (QED) is 0.853. The zero-order valence-electron chi connectivity index (χ0n) is 13.5. The van der Waals surface area contributed by atoms with E-state index in [9.17, 15) is 9.59 Å². The van der Waals surface area contributed by atoms with Crippen molar-refractivity contribution in [3.63, 3.8) is 0 Å². The normalized spacial score (nSPS) is 10.3. The van der Waals surface area contributed by atoms with E-state index in [1.54, 1.807) is 17.2 Å². The predicted molar refractivity (Wildman–Crippen MR) is 88.9 cm³/mol. The number of hydrogen-bond donors (Lipinski definition) is 1. The Morgan fingerprint density at radius 3 is 2.48 bits per heavy atom. The minimum absolute atomic E-state index is 0.0819. The zero-order chi connectivity index (χ0) is 16.7. The lowest BCUT2D eigenvalue weighted by molar-refractivity contribution is -0.130. The number of hydrogen-bond acceptors (Lipinski definition) is 3. The molecule has 5 nitrogen and oxygen atoms in total. The minimum atomic E-state index is -0.111. The lowest BCUT2D eigenvalue weighted by Gasteiger charge is -2.19. The van der Waals surface area contributed by atoms with Crippen molar-refractivity contribution < 1.29 is 14.0 Å². The number of benzene rings is 1. The number of nitrogens with zero attached hydrogens (tertiary/aromatic N) is 1. The Balaban J connectivity index is 1.84. The van der Waals surface area contributed by atoms with Crippen LogP contribution in [0.15, 0.2) is 47.1 Å². The third kappa shape index (κ3) is 5.29. The molecule has 1 aromatic heterocycles. The van der Waals surface area contributed by atoms with Gasteiger partial charge in [0.2, 0.25) is 11.8 Å². The first-order valence-electron chi connectivity index (χ1n) is 7.75. The Labute approximate surface area is 136 Å². The highest BCUT2D eigenvalue weighted by Crippen LogP contribution is 2.11. The molecule has 1 N–H and O–H groups in total. The van der Waals surface area contributed by atoms with Gasteiger partial charge in [-0.05, 0) is 36.2 Å². The molecule has 0 aliphatic carbocycles. The van der Waals surface area contributed by atoms with E-state index < -0.39 is 0 Å². The summed E-state index contributed by atoms with van der Waals surface area (Å²) >= 11 is 0. The number of amides is 2. The van der Waals surface area contributed by atoms with E-state index >= 15 is 0 Å². The molecule has 2 amide bonds. The number of nitrogens with one attached hydrogen (secondary N) is 1. The van der Waals surface area contributed by atoms with Crippen molar-refractivity contribution in [2.45, 2.75) is 33.2 Å². The first kappa shape index (κ1) is 16.8. The Hall–Kier alpha value is -2.56. The van der Waals surface area contributed by atoms with Gasteiger partial charge in [0.15, 0.2) is 0 Å². The van der Waals surface area contributed by atoms with Crippen LogP contribution in [-0.4, -0.2) is 23.3 Å². The average Bonchev–Trinajstić information content (AvgIpc) is 3.05. The van der Waals surface area contributed by atoms with Crippen LogP contribution in [0.3, 0.4) is 0 Å². The van der Waals surface area contributed by atoms with Crippen molar-refractivity contribution in [3.8, 4) is 0 Å². The fourth-order valence-corrected chi connectivity index (χ4v) is 2.22. The second-order valence-corrected chi connectivity index (χ2v) is 5.37. The van der Waals surface area contributed by atoms with Gasteiger partial charge in [0.05, 0.1) is 12.8 Å². The number of carbonyl (C=O) groups is 2. The largest absolute Gasteiger partial charge is 0.467 e. The SMILES string of the molecule is CCc1ccc(NC(=O)CCN(Cc2ccco2)C(C)=O)cc1. The molecule has 5 heteroatoms. The standard InChI is InChI=1S/C18H22N2O3/c1-3-15-6-8-16(9-7-15)19-18(22)10-11-20(14(2)21)13-17-5-4-12-23-17/h4-9,12H,3,10-11,13H2,1-2H3,(H,19,22). The van der Waals surface area contributed by atoms with Gasteiger partial charge in [0.25, 0.3) is 0 Å². The zero-order valence-corrected chi connectivity index (χ0v) is 13.5. The number of carbonyl (C=O) groups excluding carboxylic acids is 2. The van der Waals surface area contributed by atoms with Crippen molar-refractivity contribution >= 4 is 17.5 Å². The summed E-state index contributed by atoms with van der Waals surface area (Å²) in [7, 11) is 0. The summed E-state index contributed by atoms with van der Waals surface area (Å²) in [6.07, 6.45) is 2.78. The van der Waals surface area contributed by atoms with E-state index in [1.165, 1.54) is 12.5 Å². The molecule has 0 saturated heterocycles. The van der Waals surface area contributed by atoms with Gasteiger partial charge in [-0.2, -0.15) is 0 Å². The van der Waals surface area contributed by atoms with Crippen molar-refractivity contribution in [2.75, 3.05) is 11.9 Å². The van der Waals surface area contributed by atoms with Crippen LogP contribution >= 0.6 is 0 Å². The van der Waals surface area contributed by atoms with Crippen LogP contribution in [-0.2, 0) is 22.6 Å². The Kier molecular flexibility index (Phi) is 5.97. The highest BCUT2D eigenvalue weighted by molar-refractivity contribution is 5.91. The second kappa shape index (κ2) is 8.17. The molecule has 0 saturated carbocycles. The Bertz CT molecular complexity index is 633. The maximum Gasteiger partial charge on any atom is 0.226 e. The second-order valence-electron chi connectivity index (χ2n) is 5.37. The van der Waals surface area contributed by atoms with Crippen molar-refractivity contribution in [2.24, 2.45) is 0 Å². The summed E-state index contributed by atoms with van der Waals surface area (Å²) in [5, 5.41) is 2.85. The molecule has 2 aromatic rings. The summed E-state index contributed by atoms with van der Waals surface area (Å²) in [6, 6.07) is 11.4. The minimum Gasteiger partial charge on any atom is -0.467 e. The maximum atomic E-state index is 12.0. The molecule has 122 valence electrons. The number of aryl methyl sites for hydroxylation is 1. The molecular weight excluding hydrogens is 292 g/mol. The Morgan fingerprint density at radius 1 is 1.17 bits per heavy atom. The van der Waals surface area contributed by atoms with Gasteiger partial charge < -0.3 is 14.6 Å². The van der Waals surface area contributed by atoms with Crippen molar-refractivity contribution in [1.29, 1.82) is 0 Å². The van der Waals surface area contributed by atoms with Gasteiger partial charge in [-0.25, -0.2) is 0 Å². The summed E-state index contributed by atoms with van der Waals surface area (Å²) < 4.78 is 5.24. The topological polar surface area (TPSA) is 62.6 Å². The summed E-state index contributed by atoms with van der Waals surface area (Å²) in [6.45, 7) is 4.31. The van der Waals surface area contributed by atoms with Crippen LogP contribution in [0.25, 0.3) is 0 Å². The number of rotatable bonds is 7. The van der Waals surface area contributed by atoms with Crippen LogP contribution in [0.2, 0.25) is 0 Å². The molecule has 0 aliphatic rings. The molecule has 0 atom stereocenters. The molecule has 1 heterocycles. The first-order chi connectivity index (χ1) is 11.1. The van der Waals surface area contributed by atoms with Gasteiger partial charge in [0, 0.05) is 25.6 Å². The van der Waals surface area contributed by atoms with Crippen molar-refractivity contribution in [1.82, 2.24) is 4.90 Å². The fraction of sp³-hybridized carbons (Fsp3) is 0.333. The molecule has 0 radical (unpaired) electrons. The third-order valence-electron chi connectivity index (χ3n) is 3.63. The van der Waals surface area contributed by atoms with Gasteiger partial charge in [-0.3, -0.25) is 9.59 Å². The number of furan rings is 1. The fourth-order valence-electron chi connectivity index (χ4n) is 2.22. The molecule has 0 spiro atoms. The van der Waals surface area contributed by atoms with Crippen LogP contribution < -0.4 is 5.32 Å². The van der Waals surface area contributed by atoms with E-state index in [1.807, 2.05) is 30.3 Å². The lowest BCUT2D eigenvalue weighted by atomic mass is 10.1. The Morgan fingerprint density at radius 2 is 1.91 bits per heavy atom.